The highest BCUT2D eigenvalue weighted by molar-refractivity contribution is 7.99. The van der Waals surface area contributed by atoms with Gasteiger partial charge in [-0.2, -0.15) is 0 Å². The number of aliphatic hydroxyl groups is 2. The van der Waals surface area contributed by atoms with Crippen molar-refractivity contribution in [3.63, 3.8) is 0 Å². The molecule has 6 nitrogen and oxygen atoms in total. The van der Waals surface area contributed by atoms with Crippen molar-refractivity contribution in [1.29, 1.82) is 0 Å². The number of aliphatic hydroxyl groups excluding tert-OH is 2. The second-order valence-corrected chi connectivity index (χ2v) is 3.92. The van der Waals surface area contributed by atoms with Gasteiger partial charge in [-0.15, -0.1) is 11.8 Å². The Balaban J connectivity index is 2.54. The second-order valence-electron chi connectivity index (χ2n) is 2.88. The topological polar surface area (TPSA) is 92.5 Å². The van der Waals surface area contributed by atoms with E-state index in [1.54, 1.807) is 0 Å². The molecular formula is C9H12N2O4S. The van der Waals surface area contributed by atoms with E-state index in [1.165, 1.54) is 31.3 Å². The lowest BCUT2D eigenvalue weighted by atomic mass is 10.4. The molecule has 0 amide bonds. The van der Waals surface area contributed by atoms with Crippen molar-refractivity contribution >= 4 is 17.7 Å². The molecule has 1 aromatic rings. The number of aromatic nitrogens is 2. The van der Waals surface area contributed by atoms with Gasteiger partial charge in [0.1, 0.15) is 5.03 Å². The molecule has 1 unspecified atom stereocenters. The van der Waals surface area contributed by atoms with Crippen molar-refractivity contribution in [2.75, 3.05) is 19.5 Å². The lowest BCUT2D eigenvalue weighted by molar-refractivity contribution is 0.0593. The van der Waals surface area contributed by atoms with Crippen LogP contribution in [0, 0.1) is 0 Å². The van der Waals surface area contributed by atoms with Crippen LogP contribution in [0.25, 0.3) is 0 Å². The predicted molar refractivity (Wildman–Crippen MR) is 57.2 cm³/mol. The number of thioether (sulfide) groups is 1. The van der Waals surface area contributed by atoms with Gasteiger partial charge in [0.05, 0.1) is 32.2 Å². The molecule has 0 aromatic carbocycles. The Morgan fingerprint density at radius 1 is 1.56 bits per heavy atom. The minimum absolute atomic E-state index is 0.134. The first kappa shape index (κ1) is 12.9. The normalized spacial score (nSPS) is 12.2. The quantitative estimate of drug-likeness (QED) is 0.543. The van der Waals surface area contributed by atoms with Crippen molar-refractivity contribution in [2.24, 2.45) is 0 Å². The average molecular weight is 244 g/mol. The van der Waals surface area contributed by atoms with Gasteiger partial charge in [-0.3, -0.25) is 0 Å². The van der Waals surface area contributed by atoms with Crippen LogP contribution < -0.4 is 0 Å². The molecule has 0 aliphatic carbocycles. The maximum atomic E-state index is 11.0. The van der Waals surface area contributed by atoms with Gasteiger partial charge in [-0.1, -0.05) is 0 Å². The van der Waals surface area contributed by atoms with Gasteiger partial charge in [0.15, 0.2) is 5.69 Å². The third-order valence-electron chi connectivity index (χ3n) is 1.66. The molecule has 2 N–H and O–H groups in total. The number of methoxy groups -OCH3 is 1. The van der Waals surface area contributed by atoms with Crippen LogP contribution in [-0.2, 0) is 4.74 Å². The summed E-state index contributed by atoms with van der Waals surface area (Å²) in [5.41, 5.74) is 0.134. The molecule has 0 radical (unpaired) electrons. The van der Waals surface area contributed by atoms with Crippen LogP contribution in [0.4, 0.5) is 0 Å². The second kappa shape index (κ2) is 6.41. The molecule has 0 saturated carbocycles. The zero-order chi connectivity index (χ0) is 12.0. The van der Waals surface area contributed by atoms with E-state index >= 15 is 0 Å². The molecule has 1 atom stereocenters. The summed E-state index contributed by atoms with van der Waals surface area (Å²) in [5, 5.41) is 18.3. The average Bonchev–Trinajstić information content (AvgIpc) is 2.35. The van der Waals surface area contributed by atoms with Crippen LogP contribution in [0.15, 0.2) is 17.4 Å². The summed E-state index contributed by atoms with van der Waals surface area (Å²) in [6, 6.07) is 0. The maximum Gasteiger partial charge on any atom is 0.358 e. The lowest BCUT2D eigenvalue weighted by Gasteiger charge is -2.05. The van der Waals surface area contributed by atoms with Crippen LogP contribution in [0.1, 0.15) is 10.5 Å². The van der Waals surface area contributed by atoms with E-state index in [-0.39, 0.29) is 12.3 Å². The highest BCUT2D eigenvalue weighted by Crippen LogP contribution is 2.14. The number of nitrogens with zero attached hydrogens (tertiary/aromatic N) is 2. The summed E-state index contributed by atoms with van der Waals surface area (Å²) in [4.78, 5) is 18.8. The first-order valence-electron chi connectivity index (χ1n) is 4.49. The Labute approximate surface area is 96.7 Å². The molecule has 0 spiro atoms. The Bertz CT molecular complexity index is 344. The molecule has 88 valence electrons. The number of hydrogen-bond donors (Lipinski definition) is 2. The molecule has 7 heteroatoms. The zero-order valence-corrected chi connectivity index (χ0v) is 9.48. The summed E-state index contributed by atoms with van der Waals surface area (Å²) < 4.78 is 4.47. The van der Waals surface area contributed by atoms with E-state index in [9.17, 15) is 4.79 Å². The van der Waals surface area contributed by atoms with E-state index < -0.39 is 12.1 Å². The van der Waals surface area contributed by atoms with Crippen molar-refractivity contribution < 1.29 is 19.7 Å². The molecule has 16 heavy (non-hydrogen) atoms. The predicted octanol–water partition coefficient (Wildman–Crippen LogP) is -0.291. The van der Waals surface area contributed by atoms with Crippen molar-refractivity contribution in [2.45, 2.75) is 11.1 Å². The number of carbonyl (C=O) groups is 1. The summed E-state index contributed by atoms with van der Waals surface area (Å²) in [6.45, 7) is -0.291. The van der Waals surface area contributed by atoms with Crippen molar-refractivity contribution in [1.82, 2.24) is 9.97 Å². The van der Waals surface area contributed by atoms with Crippen LogP contribution in [0.2, 0.25) is 0 Å². The van der Waals surface area contributed by atoms with Crippen LogP contribution in [0.5, 0.6) is 0 Å². The molecule has 1 heterocycles. The molecule has 1 rings (SSSR count). The number of rotatable bonds is 5. The number of esters is 1. The van der Waals surface area contributed by atoms with E-state index in [4.69, 9.17) is 10.2 Å². The number of hydrogen-bond acceptors (Lipinski definition) is 7. The summed E-state index contributed by atoms with van der Waals surface area (Å²) in [6.07, 6.45) is 1.94. The van der Waals surface area contributed by atoms with E-state index in [2.05, 4.69) is 14.7 Å². The monoisotopic (exact) mass is 244 g/mol. The Morgan fingerprint density at radius 3 is 2.81 bits per heavy atom. The fraction of sp³-hybridized carbons (Fsp3) is 0.444. The molecule has 0 bridgehead atoms. The largest absolute Gasteiger partial charge is 0.464 e. The Morgan fingerprint density at radius 2 is 2.31 bits per heavy atom. The standard InChI is InChI=1S/C9H12N2O4S/c1-15-9(14)7-2-11-8(3-10-7)16-5-6(13)4-12/h2-3,6,12-13H,4-5H2,1H3. The molecule has 0 saturated heterocycles. The summed E-state index contributed by atoms with van der Waals surface area (Å²) in [7, 11) is 1.27. The zero-order valence-electron chi connectivity index (χ0n) is 8.66. The van der Waals surface area contributed by atoms with Gasteiger partial charge < -0.3 is 14.9 Å². The van der Waals surface area contributed by atoms with E-state index in [0.29, 0.717) is 10.8 Å². The molecule has 0 fully saturated rings. The fourth-order valence-electron chi connectivity index (χ4n) is 0.835. The third-order valence-corrected chi connectivity index (χ3v) is 2.72. The van der Waals surface area contributed by atoms with Gasteiger partial charge in [-0.25, -0.2) is 14.8 Å². The van der Waals surface area contributed by atoms with Gasteiger partial charge in [0, 0.05) is 5.75 Å². The Kier molecular flexibility index (Phi) is 5.17. The molecule has 0 aliphatic rings. The highest BCUT2D eigenvalue weighted by atomic mass is 32.2. The third kappa shape index (κ3) is 3.76. The lowest BCUT2D eigenvalue weighted by Crippen LogP contribution is -2.14. The van der Waals surface area contributed by atoms with Crippen LogP contribution in [-0.4, -0.2) is 51.7 Å². The SMILES string of the molecule is COC(=O)c1cnc(SCC(O)CO)cn1. The number of carbonyl (C=O) groups excluding carboxylic acids is 1. The van der Waals surface area contributed by atoms with Gasteiger partial charge >= 0.3 is 5.97 Å². The van der Waals surface area contributed by atoms with Gasteiger partial charge in [0.2, 0.25) is 0 Å². The van der Waals surface area contributed by atoms with Crippen LogP contribution >= 0.6 is 11.8 Å². The van der Waals surface area contributed by atoms with Gasteiger partial charge in [0.25, 0.3) is 0 Å². The first-order chi connectivity index (χ1) is 7.67. The highest BCUT2D eigenvalue weighted by Gasteiger charge is 2.08. The first-order valence-corrected chi connectivity index (χ1v) is 5.48. The minimum Gasteiger partial charge on any atom is -0.464 e. The van der Waals surface area contributed by atoms with E-state index in [0.717, 1.165) is 0 Å². The summed E-state index contributed by atoms with van der Waals surface area (Å²) >= 11 is 1.25. The summed E-state index contributed by atoms with van der Waals surface area (Å²) in [5.74, 6) is -0.220. The Hall–Kier alpha value is -1.18. The molecule has 1 aromatic heterocycles. The van der Waals surface area contributed by atoms with Gasteiger partial charge in [-0.05, 0) is 0 Å². The maximum absolute atomic E-state index is 11.0. The minimum atomic E-state index is -0.785. The number of ether oxygens (including phenoxy) is 1. The van der Waals surface area contributed by atoms with Crippen molar-refractivity contribution in [3.8, 4) is 0 Å². The van der Waals surface area contributed by atoms with Crippen LogP contribution in [0.3, 0.4) is 0 Å². The molecular weight excluding hydrogens is 232 g/mol. The van der Waals surface area contributed by atoms with Crippen molar-refractivity contribution in [3.05, 3.63) is 18.1 Å². The molecule has 0 aliphatic heterocycles. The smallest absolute Gasteiger partial charge is 0.358 e. The van der Waals surface area contributed by atoms with E-state index in [1.807, 2.05) is 0 Å². The fourth-order valence-corrected chi connectivity index (χ4v) is 1.56.